The van der Waals surface area contributed by atoms with Gasteiger partial charge in [-0.25, -0.2) is 0 Å². The number of hydrogen-bond donors (Lipinski definition) is 1. The Morgan fingerprint density at radius 2 is 2.20 bits per heavy atom. The number of nitrogens with one attached hydrogen (secondary N) is 1. The smallest absolute Gasteiger partial charge is 0.0620 e. The molecule has 2 heterocycles. The van der Waals surface area contributed by atoms with Crippen molar-refractivity contribution in [3.63, 3.8) is 0 Å². The van der Waals surface area contributed by atoms with Crippen LogP contribution >= 0.6 is 0 Å². The molecular weight excluding hydrogens is 190 g/mol. The molecule has 15 heavy (non-hydrogen) atoms. The first-order valence-electron chi connectivity index (χ1n) is 5.95. The highest BCUT2D eigenvalue weighted by Crippen LogP contribution is 2.07. The van der Waals surface area contributed by atoms with Crippen molar-refractivity contribution in [2.75, 3.05) is 53.5 Å². The molecule has 0 amide bonds. The Morgan fingerprint density at radius 1 is 1.33 bits per heavy atom. The Morgan fingerprint density at radius 3 is 2.93 bits per heavy atom. The molecule has 0 aromatic rings. The summed E-state index contributed by atoms with van der Waals surface area (Å²) in [5, 5.41) is 3.61. The van der Waals surface area contributed by atoms with E-state index in [9.17, 15) is 0 Å². The molecule has 0 aromatic heterocycles. The molecule has 0 aromatic carbocycles. The van der Waals surface area contributed by atoms with Crippen LogP contribution in [0.5, 0.6) is 0 Å². The maximum Gasteiger partial charge on any atom is 0.0620 e. The van der Waals surface area contributed by atoms with Crippen LogP contribution in [-0.2, 0) is 4.74 Å². The lowest BCUT2D eigenvalue weighted by atomic mass is 10.1. The first kappa shape index (κ1) is 11.3. The summed E-state index contributed by atoms with van der Waals surface area (Å²) >= 11 is 0. The van der Waals surface area contributed by atoms with E-state index >= 15 is 0 Å². The normalized spacial score (nSPS) is 34.8. The van der Waals surface area contributed by atoms with E-state index in [1.54, 1.807) is 0 Å². The molecule has 4 nitrogen and oxygen atoms in total. The van der Waals surface area contributed by atoms with Crippen LogP contribution in [0.15, 0.2) is 0 Å². The van der Waals surface area contributed by atoms with Crippen LogP contribution in [0.1, 0.15) is 6.42 Å². The van der Waals surface area contributed by atoms with Crippen molar-refractivity contribution in [2.45, 2.75) is 18.5 Å². The summed E-state index contributed by atoms with van der Waals surface area (Å²) in [5.41, 5.74) is 0. The molecule has 4 heteroatoms. The third-order valence-electron chi connectivity index (χ3n) is 3.55. The maximum absolute atomic E-state index is 5.36. The van der Waals surface area contributed by atoms with Gasteiger partial charge in [-0.15, -0.1) is 0 Å². The van der Waals surface area contributed by atoms with Crippen molar-refractivity contribution in [2.24, 2.45) is 0 Å². The van der Waals surface area contributed by atoms with Crippen molar-refractivity contribution >= 4 is 0 Å². The number of piperazine rings is 1. The molecule has 2 fully saturated rings. The van der Waals surface area contributed by atoms with Gasteiger partial charge < -0.3 is 15.0 Å². The molecular formula is C11H23N3O. The Balaban J connectivity index is 1.72. The number of ether oxygens (including phenoxy) is 1. The fourth-order valence-electron chi connectivity index (χ4n) is 2.32. The van der Waals surface area contributed by atoms with E-state index in [1.165, 1.54) is 26.1 Å². The molecule has 2 atom stereocenters. The summed E-state index contributed by atoms with van der Waals surface area (Å²) in [4.78, 5) is 4.88. The van der Waals surface area contributed by atoms with E-state index in [-0.39, 0.29) is 0 Å². The van der Waals surface area contributed by atoms with E-state index in [0.29, 0.717) is 12.1 Å². The van der Waals surface area contributed by atoms with Crippen LogP contribution in [0.25, 0.3) is 0 Å². The summed E-state index contributed by atoms with van der Waals surface area (Å²) in [7, 11) is 4.43. The molecule has 0 aliphatic carbocycles. The monoisotopic (exact) mass is 213 g/mol. The number of nitrogens with zero attached hydrogens (tertiary/aromatic N) is 2. The highest BCUT2D eigenvalue weighted by atomic mass is 16.5. The first-order chi connectivity index (χ1) is 7.25. The minimum absolute atomic E-state index is 0.589. The van der Waals surface area contributed by atoms with Crippen molar-refractivity contribution in [3.8, 4) is 0 Å². The Hall–Kier alpha value is -0.160. The Labute approximate surface area is 92.6 Å². The molecule has 2 aliphatic heterocycles. The molecule has 2 saturated heterocycles. The van der Waals surface area contributed by atoms with Crippen molar-refractivity contribution < 1.29 is 4.74 Å². The highest BCUT2D eigenvalue weighted by Gasteiger charge is 2.23. The summed E-state index contributed by atoms with van der Waals surface area (Å²) in [5.74, 6) is 0. The van der Waals surface area contributed by atoms with Crippen LogP contribution in [-0.4, -0.2) is 75.4 Å². The summed E-state index contributed by atoms with van der Waals surface area (Å²) in [6.07, 6.45) is 1.17. The van der Waals surface area contributed by atoms with Gasteiger partial charge in [-0.3, -0.25) is 4.90 Å². The van der Waals surface area contributed by atoms with Gasteiger partial charge in [0.25, 0.3) is 0 Å². The van der Waals surface area contributed by atoms with Crippen LogP contribution in [0, 0.1) is 0 Å². The van der Waals surface area contributed by atoms with Gasteiger partial charge in [0.1, 0.15) is 0 Å². The van der Waals surface area contributed by atoms with E-state index in [2.05, 4.69) is 29.2 Å². The maximum atomic E-state index is 5.36. The summed E-state index contributed by atoms with van der Waals surface area (Å²) in [6, 6.07) is 1.25. The fraction of sp³-hybridized carbons (Fsp3) is 1.00. The molecule has 2 aliphatic rings. The highest BCUT2D eigenvalue weighted by molar-refractivity contribution is 4.82. The molecule has 0 bridgehead atoms. The minimum atomic E-state index is 0.589. The van der Waals surface area contributed by atoms with Crippen molar-refractivity contribution in [1.82, 2.24) is 15.1 Å². The largest absolute Gasteiger partial charge is 0.380 e. The van der Waals surface area contributed by atoms with Crippen LogP contribution in [0.2, 0.25) is 0 Å². The predicted molar refractivity (Wildman–Crippen MR) is 61.1 cm³/mol. The van der Waals surface area contributed by atoms with Crippen LogP contribution in [0.4, 0.5) is 0 Å². The Kier molecular flexibility index (Phi) is 3.97. The molecule has 0 spiro atoms. The van der Waals surface area contributed by atoms with Gasteiger partial charge in [-0.05, 0) is 20.5 Å². The third kappa shape index (κ3) is 3.14. The van der Waals surface area contributed by atoms with E-state index in [1.807, 2.05) is 0 Å². The van der Waals surface area contributed by atoms with Crippen LogP contribution in [0.3, 0.4) is 0 Å². The lowest BCUT2D eigenvalue weighted by Crippen LogP contribution is -2.54. The van der Waals surface area contributed by atoms with Gasteiger partial charge >= 0.3 is 0 Å². The molecule has 0 saturated carbocycles. The van der Waals surface area contributed by atoms with Gasteiger partial charge in [-0.1, -0.05) is 0 Å². The van der Waals surface area contributed by atoms with Gasteiger partial charge in [0.15, 0.2) is 0 Å². The second-order valence-corrected chi connectivity index (χ2v) is 4.87. The van der Waals surface area contributed by atoms with Crippen molar-refractivity contribution in [1.29, 1.82) is 0 Å². The molecule has 2 rings (SSSR count). The minimum Gasteiger partial charge on any atom is -0.380 e. The van der Waals surface area contributed by atoms with Gasteiger partial charge in [0, 0.05) is 44.9 Å². The standard InChI is InChI=1S/C11H23N3O/c1-13-4-5-14(2)11(8-13)7-12-10-3-6-15-9-10/h10-12H,3-9H2,1-2H3. The van der Waals surface area contributed by atoms with Gasteiger partial charge in [-0.2, -0.15) is 0 Å². The van der Waals surface area contributed by atoms with Gasteiger partial charge in [0.05, 0.1) is 6.61 Å². The average molecular weight is 213 g/mol. The zero-order valence-electron chi connectivity index (χ0n) is 9.91. The fourth-order valence-corrected chi connectivity index (χ4v) is 2.32. The van der Waals surface area contributed by atoms with E-state index < -0.39 is 0 Å². The number of hydrogen-bond acceptors (Lipinski definition) is 4. The van der Waals surface area contributed by atoms with E-state index in [0.717, 1.165) is 19.8 Å². The number of rotatable bonds is 3. The lowest BCUT2D eigenvalue weighted by Gasteiger charge is -2.38. The van der Waals surface area contributed by atoms with E-state index in [4.69, 9.17) is 4.74 Å². The summed E-state index contributed by atoms with van der Waals surface area (Å²) in [6.45, 7) is 6.47. The third-order valence-corrected chi connectivity index (χ3v) is 3.55. The predicted octanol–water partition coefficient (Wildman–Crippen LogP) is -0.389. The molecule has 1 N–H and O–H groups in total. The molecule has 2 unspecified atom stereocenters. The topological polar surface area (TPSA) is 27.7 Å². The van der Waals surface area contributed by atoms with Crippen LogP contribution < -0.4 is 5.32 Å². The van der Waals surface area contributed by atoms with Crippen molar-refractivity contribution in [3.05, 3.63) is 0 Å². The number of likely N-dealkylation sites (N-methyl/N-ethyl adjacent to an activating group) is 2. The SMILES string of the molecule is CN1CCN(C)C(CNC2CCOC2)C1. The molecule has 0 radical (unpaired) electrons. The zero-order valence-corrected chi connectivity index (χ0v) is 9.91. The summed E-state index contributed by atoms with van der Waals surface area (Å²) < 4.78 is 5.36. The lowest BCUT2D eigenvalue weighted by molar-refractivity contribution is 0.110. The van der Waals surface area contributed by atoms with Gasteiger partial charge in [0.2, 0.25) is 0 Å². The molecule has 88 valence electrons. The first-order valence-corrected chi connectivity index (χ1v) is 5.95. The Bertz CT molecular complexity index is 194. The quantitative estimate of drug-likeness (QED) is 0.691. The zero-order chi connectivity index (χ0) is 10.7. The average Bonchev–Trinajstić information content (AvgIpc) is 2.72. The second-order valence-electron chi connectivity index (χ2n) is 4.87. The second kappa shape index (κ2) is 5.25.